The zero-order valence-corrected chi connectivity index (χ0v) is 12.9. The van der Waals surface area contributed by atoms with Crippen LogP contribution in [-0.2, 0) is 4.79 Å². The van der Waals surface area contributed by atoms with Crippen LogP contribution in [0.5, 0.6) is 0 Å². The first-order chi connectivity index (χ1) is 10.6. The number of amides is 2. The maximum absolute atomic E-state index is 11.9. The lowest BCUT2D eigenvalue weighted by molar-refractivity contribution is -0.121. The Morgan fingerprint density at radius 2 is 2.00 bits per heavy atom. The highest BCUT2D eigenvalue weighted by Gasteiger charge is 2.13. The summed E-state index contributed by atoms with van der Waals surface area (Å²) in [7, 11) is 0. The van der Waals surface area contributed by atoms with E-state index in [1.165, 1.54) is 6.26 Å². The van der Waals surface area contributed by atoms with Crippen LogP contribution in [0.4, 0.5) is 0 Å². The Kier molecular flexibility index (Phi) is 5.61. The minimum atomic E-state index is -0.336. The highest BCUT2D eigenvalue weighted by atomic mass is 35.5. The Hall–Kier alpha value is -2.27. The smallest absolute Gasteiger partial charge is 0.286 e. The van der Waals surface area contributed by atoms with E-state index in [2.05, 4.69) is 10.6 Å². The molecular weight excluding hydrogens is 304 g/mol. The molecule has 0 aliphatic rings. The minimum Gasteiger partial charge on any atom is -0.459 e. The van der Waals surface area contributed by atoms with E-state index in [-0.39, 0.29) is 36.6 Å². The molecule has 1 unspecified atom stereocenters. The molecule has 5 nitrogen and oxygen atoms in total. The van der Waals surface area contributed by atoms with Gasteiger partial charge in [-0.15, -0.1) is 0 Å². The molecule has 1 atom stereocenters. The molecule has 1 aromatic heterocycles. The van der Waals surface area contributed by atoms with Crippen LogP contribution in [-0.4, -0.2) is 18.4 Å². The molecule has 0 bridgehead atoms. The van der Waals surface area contributed by atoms with Crippen LogP contribution in [0.1, 0.15) is 35.5 Å². The number of hydrogen-bond acceptors (Lipinski definition) is 3. The first-order valence-electron chi connectivity index (χ1n) is 6.93. The van der Waals surface area contributed by atoms with Crippen molar-refractivity contribution in [3.05, 3.63) is 59.0 Å². The van der Waals surface area contributed by atoms with Gasteiger partial charge in [-0.2, -0.15) is 0 Å². The molecule has 2 amide bonds. The topological polar surface area (TPSA) is 71.3 Å². The molecule has 0 saturated carbocycles. The molecule has 2 aromatic rings. The van der Waals surface area contributed by atoms with Crippen molar-refractivity contribution in [1.82, 2.24) is 10.6 Å². The second-order valence-corrected chi connectivity index (χ2v) is 5.20. The third-order valence-corrected chi connectivity index (χ3v) is 3.48. The molecule has 0 fully saturated rings. The first-order valence-corrected chi connectivity index (χ1v) is 7.31. The van der Waals surface area contributed by atoms with E-state index in [0.717, 1.165) is 5.56 Å². The van der Waals surface area contributed by atoms with Crippen LogP contribution in [0.2, 0.25) is 5.02 Å². The van der Waals surface area contributed by atoms with Crippen molar-refractivity contribution in [2.75, 3.05) is 6.54 Å². The Labute approximate surface area is 133 Å². The number of benzene rings is 1. The minimum absolute atomic E-state index is 0.160. The summed E-state index contributed by atoms with van der Waals surface area (Å²) in [4.78, 5) is 23.5. The van der Waals surface area contributed by atoms with Crippen LogP contribution >= 0.6 is 11.6 Å². The molecule has 0 radical (unpaired) electrons. The molecule has 1 aromatic carbocycles. The highest BCUT2D eigenvalue weighted by molar-refractivity contribution is 6.31. The van der Waals surface area contributed by atoms with Crippen molar-refractivity contribution in [1.29, 1.82) is 0 Å². The number of furan rings is 1. The fraction of sp³-hybridized carbons (Fsp3) is 0.250. The fourth-order valence-corrected chi connectivity index (χ4v) is 2.30. The molecule has 1 heterocycles. The maximum atomic E-state index is 11.9. The molecule has 116 valence electrons. The van der Waals surface area contributed by atoms with Crippen molar-refractivity contribution in [3.63, 3.8) is 0 Å². The third-order valence-electron chi connectivity index (χ3n) is 3.13. The van der Waals surface area contributed by atoms with Gasteiger partial charge in [-0.05, 0) is 30.7 Å². The largest absolute Gasteiger partial charge is 0.459 e. The standard InChI is InChI=1S/C16H17ClN2O3/c1-11(12-5-2-3-6-13(12)17)19-15(20)8-9-18-16(21)14-7-4-10-22-14/h2-7,10-11H,8-9H2,1H3,(H,18,21)(H,19,20). The van der Waals surface area contributed by atoms with Gasteiger partial charge < -0.3 is 15.1 Å². The summed E-state index contributed by atoms with van der Waals surface area (Å²) in [5.41, 5.74) is 0.858. The van der Waals surface area contributed by atoms with Crippen LogP contribution in [0.15, 0.2) is 47.1 Å². The lowest BCUT2D eigenvalue weighted by Crippen LogP contribution is -2.32. The van der Waals surface area contributed by atoms with Gasteiger partial charge in [0, 0.05) is 18.0 Å². The van der Waals surface area contributed by atoms with Gasteiger partial charge in [0.25, 0.3) is 5.91 Å². The predicted molar refractivity (Wildman–Crippen MR) is 83.7 cm³/mol. The van der Waals surface area contributed by atoms with Crippen molar-refractivity contribution in [2.45, 2.75) is 19.4 Å². The van der Waals surface area contributed by atoms with E-state index >= 15 is 0 Å². The molecule has 0 aliphatic heterocycles. The predicted octanol–water partition coefficient (Wildman–Crippen LogP) is 2.93. The second kappa shape index (κ2) is 7.66. The van der Waals surface area contributed by atoms with E-state index in [4.69, 9.17) is 16.0 Å². The van der Waals surface area contributed by atoms with E-state index in [1.807, 2.05) is 25.1 Å². The fourth-order valence-electron chi connectivity index (χ4n) is 2.00. The quantitative estimate of drug-likeness (QED) is 0.859. The number of carbonyl (C=O) groups is 2. The lowest BCUT2D eigenvalue weighted by Gasteiger charge is -2.15. The van der Waals surface area contributed by atoms with Crippen LogP contribution < -0.4 is 10.6 Å². The number of halogens is 1. The Morgan fingerprint density at radius 1 is 1.23 bits per heavy atom. The zero-order valence-electron chi connectivity index (χ0n) is 12.1. The third kappa shape index (κ3) is 4.36. The average molecular weight is 321 g/mol. The van der Waals surface area contributed by atoms with E-state index in [1.54, 1.807) is 18.2 Å². The molecule has 6 heteroatoms. The lowest BCUT2D eigenvalue weighted by atomic mass is 10.1. The van der Waals surface area contributed by atoms with Gasteiger partial charge in [-0.25, -0.2) is 0 Å². The molecular formula is C16H17ClN2O3. The van der Waals surface area contributed by atoms with Gasteiger partial charge in [0.2, 0.25) is 5.91 Å². The molecule has 22 heavy (non-hydrogen) atoms. The van der Waals surface area contributed by atoms with Crippen molar-refractivity contribution in [3.8, 4) is 0 Å². The van der Waals surface area contributed by atoms with Crippen LogP contribution in [0.3, 0.4) is 0 Å². The van der Waals surface area contributed by atoms with E-state index in [9.17, 15) is 9.59 Å². The summed E-state index contributed by atoms with van der Waals surface area (Å²) in [6.45, 7) is 2.10. The first kappa shape index (κ1) is 16.1. The van der Waals surface area contributed by atoms with Crippen molar-refractivity contribution >= 4 is 23.4 Å². The van der Waals surface area contributed by atoms with Gasteiger partial charge in [0.15, 0.2) is 5.76 Å². The highest BCUT2D eigenvalue weighted by Crippen LogP contribution is 2.21. The van der Waals surface area contributed by atoms with Crippen LogP contribution in [0.25, 0.3) is 0 Å². The molecule has 0 spiro atoms. The van der Waals surface area contributed by atoms with Gasteiger partial charge >= 0.3 is 0 Å². The van der Waals surface area contributed by atoms with Gasteiger partial charge in [0.05, 0.1) is 12.3 Å². The summed E-state index contributed by atoms with van der Waals surface area (Å²) in [6.07, 6.45) is 1.61. The number of hydrogen-bond donors (Lipinski definition) is 2. The normalized spacial score (nSPS) is 11.7. The number of carbonyl (C=O) groups excluding carboxylic acids is 2. The number of rotatable bonds is 6. The van der Waals surface area contributed by atoms with Gasteiger partial charge in [-0.3, -0.25) is 9.59 Å². The van der Waals surface area contributed by atoms with Crippen LogP contribution in [0, 0.1) is 0 Å². The zero-order chi connectivity index (χ0) is 15.9. The molecule has 2 rings (SSSR count). The average Bonchev–Trinajstić information content (AvgIpc) is 3.01. The monoisotopic (exact) mass is 320 g/mol. The molecule has 0 aliphatic carbocycles. The van der Waals surface area contributed by atoms with E-state index < -0.39 is 0 Å². The SMILES string of the molecule is CC(NC(=O)CCNC(=O)c1ccco1)c1ccccc1Cl. The summed E-state index contributed by atoms with van der Waals surface area (Å²) < 4.78 is 4.96. The summed E-state index contributed by atoms with van der Waals surface area (Å²) in [6, 6.07) is 10.4. The van der Waals surface area contributed by atoms with Crippen molar-refractivity contribution in [2.24, 2.45) is 0 Å². The summed E-state index contributed by atoms with van der Waals surface area (Å²) in [5, 5.41) is 6.08. The van der Waals surface area contributed by atoms with Crippen molar-refractivity contribution < 1.29 is 14.0 Å². The second-order valence-electron chi connectivity index (χ2n) is 4.79. The summed E-state index contributed by atoms with van der Waals surface area (Å²) in [5.74, 6) is -0.269. The Balaban J connectivity index is 1.76. The van der Waals surface area contributed by atoms with Gasteiger partial charge in [-0.1, -0.05) is 29.8 Å². The van der Waals surface area contributed by atoms with E-state index in [0.29, 0.717) is 5.02 Å². The number of nitrogens with one attached hydrogen (secondary N) is 2. The van der Waals surface area contributed by atoms with Gasteiger partial charge in [0.1, 0.15) is 0 Å². The molecule has 2 N–H and O–H groups in total. The maximum Gasteiger partial charge on any atom is 0.286 e. The Bertz CT molecular complexity index is 641. The molecule has 0 saturated heterocycles. The Morgan fingerprint density at radius 3 is 2.68 bits per heavy atom. The summed E-state index contributed by atoms with van der Waals surface area (Å²) >= 11 is 6.09.